The van der Waals surface area contributed by atoms with Gasteiger partial charge in [-0.05, 0) is 57.5 Å². The van der Waals surface area contributed by atoms with Gasteiger partial charge in [-0.1, -0.05) is 51.3 Å². The first-order valence-corrected chi connectivity index (χ1v) is 9.00. The molecular weight excluding hydrogens is 241 g/mol. The molecular formula is C18H34BN. The third-order valence-electron chi connectivity index (χ3n) is 5.89. The van der Waals surface area contributed by atoms with Gasteiger partial charge in [-0.2, -0.15) is 0 Å². The highest BCUT2D eigenvalue weighted by atomic mass is 15.2. The van der Waals surface area contributed by atoms with Crippen LogP contribution in [0.2, 0.25) is 5.82 Å². The van der Waals surface area contributed by atoms with Crippen LogP contribution in [0.15, 0.2) is 0 Å². The fourth-order valence-electron chi connectivity index (χ4n) is 4.51. The van der Waals surface area contributed by atoms with Gasteiger partial charge in [0.25, 0.3) is 0 Å². The van der Waals surface area contributed by atoms with E-state index in [2.05, 4.69) is 25.7 Å². The van der Waals surface area contributed by atoms with Gasteiger partial charge < -0.3 is 4.90 Å². The largest absolute Gasteiger partial charge is 0.301 e. The van der Waals surface area contributed by atoms with Gasteiger partial charge in [0, 0.05) is 6.04 Å². The van der Waals surface area contributed by atoms with Gasteiger partial charge in [-0.25, -0.2) is 0 Å². The van der Waals surface area contributed by atoms with Crippen LogP contribution in [0.25, 0.3) is 0 Å². The number of likely N-dealkylation sites (tertiary alicyclic amines) is 1. The van der Waals surface area contributed by atoms with Gasteiger partial charge in [0.05, 0.1) is 7.85 Å². The molecule has 1 saturated heterocycles. The maximum Gasteiger partial charge on any atom is 0.0699 e. The van der Waals surface area contributed by atoms with E-state index in [-0.39, 0.29) is 0 Å². The molecule has 2 rings (SSSR count). The van der Waals surface area contributed by atoms with Gasteiger partial charge in [0.2, 0.25) is 0 Å². The zero-order chi connectivity index (χ0) is 14.6. The maximum atomic E-state index is 6.50. The van der Waals surface area contributed by atoms with E-state index in [9.17, 15) is 0 Å². The standard InChI is InChI=1S/C18H34BN/c1-15(2)20-11-9-18(10-12-20)8-6-4-5-7-16(3)13-17(19)14-18/h15-17H,4-14H2,1-3H3. The van der Waals surface area contributed by atoms with Crippen LogP contribution in [0.1, 0.15) is 78.6 Å². The van der Waals surface area contributed by atoms with E-state index in [0.29, 0.717) is 17.3 Å². The van der Waals surface area contributed by atoms with E-state index >= 15 is 0 Å². The highest BCUT2D eigenvalue weighted by Gasteiger charge is 2.36. The first-order chi connectivity index (χ1) is 9.51. The summed E-state index contributed by atoms with van der Waals surface area (Å²) >= 11 is 0. The zero-order valence-corrected chi connectivity index (χ0v) is 14.0. The van der Waals surface area contributed by atoms with Crippen molar-refractivity contribution in [2.45, 2.75) is 90.4 Å². The average molecular weight is 275 g/mol. The van der Waals surface area contributed by atoms with Crippen LogP contribution in [-0.4, -0.2) is 31.9 Å². The van der Waals surface area contributed by atoms with Crippen LogP contribution in [0.5, 0.6) is 0 Å². The van der Waals surface area contributed by atoms with E-state index in [4.69, 9.17) is 7.85 Å². The molecule has 0 aromatic carbocycles. The summed E-state index contributed by atoms with van der Waals surface area (Å²) in [5, 5.41) is 0. The molecule has 1 saturated carbocycles. The third kappa shape index (κ3) is 4.51. The lowest BCUT2D eigenvalue weighted by molar-refractivity contribution is 0.0625. The predicted molar refractivity (Wildman–Crippen MR) is 89.4 cm³/mol. The van der Waals surface area contributed by atoms with Crippen molar-refractivity contribution < 1.29 is 0 Å². The molecule has 1 nitrogen and oxygen atoms in total. The molecule has 0 amide bonds. The lowest BCUT2D eigenvalue weighted by Gasteiger charge is -2.45. The minimum absolute atomic E-state index is 0.439. The Bertz CT molecular complexity index is 281. The monoisotopic (exact) mass is 275 g/mol. The Morgan fingerprint density at radius 3 is 2.40 bits per heavy atom. The molecule has 2 atom stereocenters. The van der Waals surface area contributed by atoms with Gasteiger partial charge in [0.1, 0.15) is 0 Å². The Balaban J connectivity index is 1.96. The van der Waals surface area contributed by atoms with Gasteiger partial charge in [-0.15, -0.1) is 0 Å². The summed E-state index contributed by atoms with van der Waals surface area (Å²) in [5.74, 6) is 1.27. The normalized spacial score (nSPS) is 33.4. The third-order valence-corrected chi connectivity index (χ3v) is 5.89. The SMILES string of the molecule is [B]C1CC(C)CCCCCC2(CCN(C(C)C)CC2)C1. The van der Waals surface area contributed by atoms with Crippen molar-refractivity contribution >= 4 is 7.85 Å². The Morgan fingerprint density at radius 1 is 1.05 bits per heavy atom. The van der Waals surface area contributed by atoms with Gasteiger partial charge >= 0.3 is 0 Å². The second-order valence-corrected chi connectivity index (χ2v) is 8.03. The van der Waals surface area contributed by atoms with E-state index in [0.717, 1.165) is 5.92 Å². The molecule has 0 N–H and O–H groups in total. The number of nitrogens with zero attached hydrogens (tertiary/aromatic N) is 1. The predicted octanol–water partition coefficient (Wildman–Crippen LogP) is 4.81. The number of rotatable bonds is 1. The quantitative estimate of drug-likeness (QED) is 0.620. The summed E-state index contributed by atoms with van der Waals surface area (Å²) in [6.45, 7) is 9.65. The van der Waals surface area contributed by atoms with Crippen molar-refractivity contribution in [1.29, 1.82) is 0 Å². The maximum absolute atomic E-state index is 6.50. The molecule has 2 heteroatoms. The Morgan fingerprint density at radius 2 is 1.75 bits per heavy atom. The van der Waals surface area contributed by atoms with Gasteiger partial charge in [-0.3, -0.25) is 0 Å². The second-order valence-electron chi connectivity index (χ2n) is 8.03. The number of piperidine rings is 1. The molecule has 0 bridgehead atoms. The average Bonchev–Trinajstić information content (AvgIpc) is 2.38. The zero-order valence-electron chi connectivity index (χ0n) is 14.0. The first-order valence-electron chi connectivity index (χ1n) is 9.00. The van der Waals surface area contributed by atoms with Crippen LogP contribution in [0.4, 0.5) is 0 Å². The van der Waals surface area contributed by atoms with Crippen molar-refractivity contribution in [1.82, 2.24) is 4.90 Å². The minimum Gasteiger partial charge on any atom is -0.301 e. The summed E-state index contributed by atoms with van der Waals surface area (Å²) in [6, 6.07) is 0.709. The lowest BCUT2D eigenvalue weighted by Crippen LogP contribution is -2.43. The molecule has 1 aliphatic heterocycles. The van der Waals surface area contributed by atoms with E-state index in [1.54, 1.807) is 0 Å². The molecule has 20 heavy (non-hydrogen) atoms. The fraction of sp³-hybridized carbons (Fsp3) is 1.00. The summed E-state index contributed by atoms with van der Waals surface area (Å²) < 4.78 is 0. The highest BCUT2D eigenvalue weighted by molar-refractivity contribution is 6.11. The number of hydrogen-bond acceptors (Lipinski definition) is 1. The van der Waals surface area contributed by atoms with Crippen LogP contribution in [-0.2, 0) is 0 Å². The highest BCUT2D eigenvalue weighted by Crippen LogP contribution is 2.45. The summed E-state index contributed by atoms with van der Waals surface area (Å²) in [4.78, 5) is 2.65. The Hall–Kier alpha value is 0.0249. The van der Waals surface area contributed by atoms with Crippen LogP contribution < -0.4 is 0 Å². The molecule has 0 aromatic heterocycles. The molecule has 0 aromatic rings. The molecule has 1 spiro atoms. The van der Waals surface area contributed by atoms with Crippen molar-refractivity contribution in [3.8, 4) is 0 Å². The van der Waals surface area contributed by atoms with Crippen molar-refractivity contribution in [3.05, 3.63) is 0 Å². The second kappa shape index (κ2) is 7.34. The van der Waals surface area contributed by atoms with E-state index in [1.165, 1.54) is 70.9 Å². The summed E-state index contributed by atoms with van der Waals surface area (Å²) in [6.07, 6.45) is 12.4. The van der Waals surface area contributed by atoms with E-state index in [1.807, 2.05) is 0 Å². The molecule has 2 unspecified atom stereocenters. The van der Waals surface area contributed by atoms with Crippen molar-refractivity contribution in [2.75, 3.05) is 13.1 Å². The van der Waals surface area contributed by atoms with Crippen LogP contribution in [0.3, 0.4) is 0 Å². The molecule has 1 aliphatic carbocycles. The van der Waals surface area contributed by atoms with Gasteiger partial charge in [0.15, 0.2) is 0 Å². The first kappa shape index (κ1) is 16.4. The molecule has 1 heterocycles. The molecule has 114 valence electrons. The molecule has 2 radical (unpaired) electrons. The van der Waals surface area contributed by atoms with Crippen LogP contribution >= 0.6 is 0 Å². The van der Waals surface area contributed by atoms with Crippen molar-refractivity contribution in [2.24, 2.45) is 11.3 Å². The fourth-order valence-corrected chi connectivity index (χ4v) is 4.51. The molecule has 2 aliphatic rings. The van der Waals surface area contributed by atoms with E-state index < -0.39 is 0 Å². The summed E-state index contributed by atoms with van der Waals surface area (Å²) in [5.41, 5.74) is 0.571. The Kier molecular flexibility index (Phi) is 6.02. The topological polar surface area (TPSA) is 3.24 Å². The van der Waals surface area contributed by atoms with Crippen molar-refractivity contribution in [3.63, 3.8) is 0 Å². The minimum atomic E-state index is 0.439. The Labute approximate surface area is 128 Å². The molecule has 2 fully saturated rings. The lowest BCUT2D eigenvalue weighted by atomic mass is 9.62. The smallest absolute Gasteiger partial charge is 0.0699 e. The summed E-state index contributed by atoms with van der Waals surface area (Å²) in [7, 11) is 6.50. The van der Waals surface area contributed by atoms with Crippen LogP contribution in [0, 0.1) is 11.3 Å². The number of hydrogen-bond donors (Lipinski definition) is 0.